The van der Waals surface area contributed by atoms with Crippen LogP contribution in [-0.4, -0.2) is 25.8 Å². The smallest absolute Gasteiger partial charge is 0.317 e. The molecule has 1 unspecified atom stereocenters. The van der Waals surface area contributed by atoms with Gasteiger partial charge in [0.2, 0.25) is 0 Å². The van der Waals surface area contributed by atoms with Crippen molar-refractivity contribution in [3.8, 4) is 0 Å². The molecule has 5 nitrogen and oxygen atoms in total. The highest BCUT2D eigenvalue weighted by Crippen LogP contribution is 2.63. The van der Waals surface area contributed by atoms with Gasteiger partial charge in [0, 0.05) is 6.54 Å². The third-order valence-corrected chi connectivity index (χ3v) is 3.40. The van der Waals surface area contributed by atoms with E-state index in [4.69, 9.17) is 0 Å². The van der Waals surface area contributed by atoms with Crippen molar-refractivity contribution in [2.75, 3.05) is 0 Å². The Morgan fingerprint density at radius 1 is 1.67 bits per heavy atom. The molecule has 15 heavy (non-hydrogen) atoms. The van der Waals surface area contributed by atoms with Crippen molar-refractivity contribution in [1.29, 1.82) is 0 Å². The molecule has 1 N–H and O–H groups in total. The number of hydrogen-bond acceptors (Lipinski definition) is 3. The molecule has 0 aliphatic heterocycles. The minimum atomic E-state index is -0.834. The van der Waals surface area contributed by atoms with Crippen molar-refractivity contribution in [3.63, 3.8) is 0 Å². The van der Waals surface area contributed by atoms with Crippen LogP contribution in [0.15, 0.2) is 6.33 Å². The van der Waals surface area contributed by atoms with E-state index in [1.807, 2.05) is 20.8 Å². The molecule has 5 heteroatoms. The van der Waals surface area contributed by atoms with Crippen LogP contribution < -0.4 is 0 Å². The van der Waals surface area contributed by atoms with Crippen molar-refractivity contribution >= 4 is 5.97 Å². The molecule has 0 spiro atoms. The summed E-state index contributed by atoms with van der Waals surface area (Å²) in [6, 6.07) is 0. The van der Waals surface area contributed by atoms with Gasteiger partial charge in [-0.05, 0) is 18.8 Å². The Kier molecular flexibility index (Phi) is 1.90. The summed E-state index contributed by atoms with van der Waals surface area (Å²) >= 11 is 0. The van der Waals surface area contributed by atoms with Gasteiger partial charge in [-0.1, -0.05) is 13.8 Å². The standard InChI is InChI=1S/C10H15N3O2/c1-4-13-7(11-6-12-13)10(8(14)15)5-9(10,2)3/h6H,4-5H2,1-3H3,(H,14,15). The van der Waals surface area contributed by atoms with Gasteiger partial charge in [0.05, 0.1) is 0 Å². The zero-order chi connectivity index (χ0) is 11.3. The largest absolute Gasteiger partial charge is 0.480 e. The van der Waals surface area contributed by atoms with E-state index in [9.17, 15) is 9.90 Å². The van der Waals surface area contributed by atoms with Gasteiger partial charge in [-0.25, -0.2) is 9.67 Å². The van der Waals surface area contributed by atoms with Crippen LogP contribution in [0.25, 0.3) is 0 Å². The predicted molar refractivity (Wildman–Crippen MR) is 53.4 cm³/mol. The molecule has 0 saturated heterocycles. The van der Waals surface area contributed by atoms with Crippen LogP contribution >= 0.6 is 0 Å². The van der Waals surface area contributed by atoms with Crippen LogP contribution in [-0.2, 0) is 16.8 Å². The number of carboxylic acids is 1. The second-order valence-electron chi connectivity index (χ2n) is 4.67. The van der Waals surface area contributed by atoms with E-state index in [1.165, 1.54) is 6.33 Å². The van der Waals surface area contributed by atoms with E-state index in [2.05, 4.69) is 10.1 Å². The van der Waals surface area contributed by atoms with E-state index in [0.717, 1.165) is 0 Å². The number of carboxylic acid groups (broad SMARTS) is 1. The molecule has 2 rings (SSSR count). The second-order valence-corrected chi connectivity index (χ2v) is 4.67. The molecular weight excluding hydrogens is 194 g/mol. The first-order valence-electron chi connectivity index (χ1n) is 5.07. The van der Waals surface area contributed by atoms with Crippen LogP contribution in [0.5, 0.6) is 0 Å². The monoisotopic (exact) mass is 209 g/mol. The maximum Gasteiger partial charge on any atom is 0.317 e. The molecule has 0 bridgehead atoms. The van der Waals surface area contributed by atoms with Crippen LogP contribution in [0.4, 0.5) is 0 Å². The van der Waals surface area contributed by atoms with Crippen molar-refractivity contribution in [2.45, 2.75) is 39.2 Å². The molecular formula is C10H15N3O2. The molecule has 1 aliphatic rings. The summed E-state index contributed by atoms with van der Waals surface area (Å²) < 4.78 is 1.67. The molecule has 1 aromatic heterocycles. The van der Waals surface area contributed by atoms with Gasteiger partial charge in [-0.3, -0.25) is 4.79 Å². The first-order chi connectivity index (χ1) is 6.95. The summed E-state index contributed by atoms with van der Waals surface area (Å²) in [7, 11) is 0. The Morgan fingerprint density at radius 3 is 2.67 bits per heavy atom. The topological polar surface area (TPSA) is 68.0 Å². The lowest BCUT2D eigenvalue weighted by molar-refractivity contribution is -0.141. The average molecular weight is 209 g/mol. The lowest BCUT2D eigenvalue weighted by atomic mass is 9.95. The van der Waals surface area contributed by atoms with Gasteiger partial charge in [0.25, 0.3) is 0 Å². The molecule has 0 radical (unpaired) electrons. The van der Waals surface area contributed by atoms with Gasteiger partial charge in [0.1, 0.15) is 17.6 Å². The molecule has 1 aromatic rings. The highest BCUT2D eigenvalue weighted by Gasteiger charge is 2.70. The minimum Gasteiger partial charge on any atom is -0.480 e. The van der Waals surface area contributed by atoms with Gasteiger partial charge in [-0.2, -0.15) is 5.10 Å². The Labute approximate surface area is 88.1 Å². The highest BCUT2D eigenvalue weighted by atomic mass is 16.4. The third kappa shape index (κ3) is 1.12. The van der Waals surface area contributed by atoms with Gasteiger partial charge < -0.3 is 5.11 Å². The zero-order valence-corrected chi connectivity index (χ0v) is 9.19. The van der Waals surface area contributed by atoms with E-state index >= 15 is 0 Å². The zero-order valence-electron chi connectivity index (χ0n) is 9.19. The van der Waals surface area contributed by atoms with Crippen molar-refractivity contribution < 1.29 is 9.90 Å². The summed E-state index contributed by atoms with van der Waals surface area (Å²) in [5.41, 5.74) is -1.06. The maximum atomic E-state index is 11.4. The minimum absolute atomic E-state index is 0.223. The number of aromatic nitrogens is 3. The quantitative estimate of drug-likeness (QED) is 0.808. The normalized spacial score (nSPS) is 27.7. The van der Waals surface area contributed by atoms with E-state index in [1.54, 1.807) is 4.68 Å². The van der Waals surface area contributed by atoms with E-state index in [-0.39, 0.29) is 5.41 Å². The number of aryl methyl sites for hydroxylation is 1. The van der Waals surface area contributed by atoms with E-state index < -0.39 is 11.4 Å². The molecule has 82 valence electrons. The molecule has 1 fully saturated rings. The SMILES string of the molecule is CCn1ncnc1C1(C(=O)O)CC1(C)C. The summed E-state index contributed by atoms with van der Waals surface area (Å²) in [6.07, 6.45) is 2.06. The molecule has 1 aliphatic carbocycles. The summed E-state index contributed by atoms with van der Waals surface area (Å²) in [4.78, 5) is 15.5. The van der Waals surface area contributed by atoms with Gasteiger partial charge >= 0.3 is 5.97 Å². The van der Waals surface area contributed by atoms with Crippen LogP contribution in [0.1, 0.15) is 33.0 Å². The Bertz CT molecular complexity index is 411. The number of nitrogens with zero attached hydrogens (tertiary/aromatic N) is 3. The lowest BCUT2D eigenvalue weighted by Crippen LogP contribution is -2.29. The molecule has 0 amide bonds. The molecule has 1 atom stereocenters. The fraction of sp³-hybridized carbons (Fsp3) is 0.700. The lowest BCUT2D eigenvalue weighted by Gasteiger charge is -2.15. The molecule has 1 saturated carbocycles. The molecule has 1 heterocycles. The third-order valence-electron chi connectivity index (χ3n) is 3.40. The first kappa shape index (κ1) is 10.1. The predicted octanol–water partition coefficient (Wildman–Crippen LogP) is 1.05. The van der Waals surface area contributed by atoms with Gasteiger partial charge in [0.15, 0.2) is 0 Å². The van der Waals surface area contributed by atoms with Crippen molar-refractivity contribution in [1.82, 2.24) is 14.8 Å². The first-order valence-corrected chi connectivity index (χ1v) is 5.07. The number of carbonyl (C=O) groups is 1. The maximum absolute atomic E-state index is 11.4. The number of aliphatic carboxylic acids is 1. The average Bonchev–Trinajstić information content (AvgIpc) is 2.60. The van der Waals surface area contributed by atoms with E-state index in [0.29, 0.717) is 18.8 Å². The highest BCUT2D eigenvalue weighted by molar-refractivity contribution is 5.85. The summed E-state index contributed by atoms with van der Waals surface area (Å²) in [5, 5.41) is 13.4. The summed E-state index contributed by atoms with van der Waals surface area (Å²) in [5.74, 6) is -0.210. The Hall–Kier alpha value is -1.39. The Morgan fingerprint density at radius 2 is 2.27 bits per heavy atom. The van der Waals surface area contributed by atoms with Crippen LogP contribution in [0.3, 0.4) is 0 Å². The fourth-order valence-corrected chi connectivity index (χ4v) is 2.29. The Balaban J connectivity index is 2.50. The van der Waals surface area contributed by atoms with Crippen LogP contribution in [0.2, 0.25) is 0 Å². The second kappa shape index (κ2) is 2.81. The number of rotatable bonds is 3. The summed E-state index contributed by atoms with van der Waals surface area (Å²) in [6.45, 7) is 6.50. The van der Waals surface area contributed by atoms with Crippen LogP contribution in [0, 0.1) is 5.41 Å². The van der Waals surface area contributed by atoms with Gasteiger partial charge in [-0.15, -0.1) is 0 Å². The van der Waals surface area contributed by atoms with Crippen molar-refractivity contribution in [3.05, 3.63) is 12.2 Å². The van der Waals surface area contributed by atoms with Crippen molar-refractivity contribution in [2.24, 2.45) is 5.41 Å². The number of hydrogen-bond donors (Lipinski definition) is 1. The molecule has 0 aromatic carbocycles. The fourth-order valence-electron chi connectivity index (χ4n) is 2.29.